The summed E-state index contributed by atoms with van der Waals surface area (Å²) >= 11 is 0. The number of hydrogen-bond donors (Lipinski definition) is 3. The standard InChI is InChI=1S/C28H31N5O4/c1-18-22(20-9-6-5-7-10-20)11-8-12-23(18)27-32-33-28(37-27)31-21-15-25(35-3)24(26(16-21)36-4)17-29-13-14-30-19(2)34/h5-12,15-16,29H,13-14,17H2,1-4H3,(H,30,34)(H,31,33). The lowest BCUT2D eigenvalue weighted by atomic mass is 9.96. The smallest absolute Gasteiger partial charge is 0.320 e. The highest BCUT2D eigenvalue weighted by atomic mass is 16.5. The van der Waals surface area contributed by atoms with Gasteiger partial charge in [-0.3, -0.25) is 4.79 Å². The van der Waals surface area contributed by atoms with Gasteiger partial charge in [-0.15, -0.1) is 5.10 Å². The Morgan fingerprint density at radius 3 is 2.30 bits per heavy atom. The van der Waals surface area contributed by atoms with Crippen LogP contribution in [-0.4, -0.2) is 43.4 Å². The molecule has 0 bridgehead atoms. The molecule has 9 heteroatoms. The molecule has 0 saturated heterocycles. The SMILES string of the molecule is COc1cc(Nc2nnc(-c3cccc(-c4ccccc4)c3C)o2)cc(OC)c1CNCCNC(C)=O. The minimum absolute atomic E-state index is 0.0596. The lowest BCUT2D eigenvalue weighted by Crippen LogP contribution is -2.30. The van der Waals surface area contributed by atoms with Crippen molar-refractivity contribution >= 4 is 17.6 Å². The van der Waals surface area contributed by atoms with E-state index in [0.29, 0.717) is 42.7 Å². The third-order valence-corrected chi connectivity index (χ3v) is 5.91. The molecule has 192 valence electrons. The molecule has 4 rings (SSSR count). The predicted octanol–water partition coefficient (Wildman–Crippen LogP) is 4.70. The van der Waals surface area contributed by atoms with Gasteiger partial charge >= 0.3 is 6.01 Å². The second-order valence-corrected chi connectivity index (χ2v) is 8.40. The van der Waals surface area contributed by atoms with Crippen LogP contribution in [0.25, 0.3) is 22.6 Å². The Morgan fingerprint density at radius 1 is 0.919 bits per heavy atom. The summed E-state index contributed by atoms with van der Waals surface area (Å²) in [5.74, 6) is 1.65. The van der Waals surface area contributed by atoms with E-state index >= 15 is 0 Å². The van der Waals surface area contributed by atoms with Crippen molar-refractivity contribution in [3.63, 3.8) is 0 Å². The van der Waals surface area contributed by atoms with Crippen molar-refractivity contribution in [1.82, 2.24) is 20.8 Å². The van der Waals surface area contributed by atoms with E-state index in [1.165, 1.54) is 6.92 Å². The number of methoxy groups -OCH3 is 2. The summed E-state index contributed by atoms with van der Waals surface area (Å²) in [5, 5.41) is 17.7. The van der Waals surface area contributed by atoms with Crippen molar-refractivity contribution in [3.05, 3.63) is 71.8 Å². The summed E-state index contributed by atoms with van der Waals surface area (Å²) in [5.41, 5.74) is 5.71. The van der Waals surface area contributed by atoms with E-state index in [2.05, 4.69) is 44.3 Å². The molecule has 0 aliphatic heterocycles. The molecule has 0 spiro atoms. The van der Waals surface area contributed by atoms with Crippen LogP contribution in [-0.2, 0) is 11.3 Å². The molecule has 0 saturated carbocycles. The van der Waals surface area contributed by atoms with Crippen molar-refractivity contribution < 1.29 is 18.7 Å². The number of aromatic nitrogens is 2. The van der Waals surface area contributed by atoms with Gasteiger partial charge in [-0.25, -0.2) is 0 Å². The van der Waals surface area contributed by atoms with Gasteiger partial charge in [0.2, 0.25) is 11.8 Å². The maximum absolute atomic E-state index is 11.0. The second kappa shape index (κ2) is 12.0. The van der Waals surface area contributed by atoms with Gasteiger partial charge in [-0.1, -0.05) is 47.6 Å². The molecule has 0 unspecified atom stereocenters. The minimum atomic E-state index is -0.0596. The molecule has 1 heterocycles. The number of ether oxygens (including phenoxy) is 2. The summed E-state index contributed by atoms with van der Waals surface area (Å²) in [6.07, 6.45) is 0. The normalized spacial score (nSPS) is 10.7. The summed E-state index contributed by atoms with van der Waals surface area (Å²) in [7, 11) is 3.21. The first kappa shape index (κ1) is 25.7. The average Bonchev–Trinajstić information content (AvgIpc) is 3.37. The van der Waals surface area contributed by atoms with E-state index in [1.807, 2.05) is 49.4 Å². The minimum Gasteiger partial charge on any atom is -0.496 e. The summed E-state index contributed by atoms with van der Waals surface area (Å²) in [4.78, 5) is 11.0. The maximum Gasteiger partial charge on any atom is 0.320 e. The van der Waals surface area contributed by atoms with Crippen LogP contribution in [0, 0.1) is 6.92 Å². The molecule has 1 aromatic heterocycles. The van der Waals surface area contributed by atoms with Gasteiger partial charge in [0.25, 0.3) is 0 Å². The summed E-state index contributed by atoms with van der Waals surface area (Å²) < 4.78 is 17.2. The Kier molecular flexibility index (Phi) is 8.37. The van der Waals surface area contributed by atoms with Crippen LogP contribution < -0.4 is 25.4 Å². The number of rotatable bonds is 11. The van der Waals surface area contributed by atoms with Gasteiger partial charge in [0, 0.05) is 49.9 Å². The number of anilines is 2. The molecule has 0 fully saturated rings. The number of amides is 1. The van der Waals surface area contributed by atoms with E-state index < -0.39 is 0 Å². The second-order valence-electron chi connectivity index (χ2n) is 8.40. The predicted molar refractivity (Wildman–Crippen MR) is 143 cm³/mol. The average molecular weight is 502 g/mol. The highest BCUT2D eigenvalue weighted by Crippen LogP contribution is 2.35. The fourth-order valence-corrected chi connectivity index (χ4v) is 4.07. The van der Waals surface area contributed by atoms with E-state index in [-0.39, 0.29) is 11.9 Å². The van der Waals surface area contributed by atoms with Gasteiger partial charge in [0.1, 0.15) is 11.5 Å². The maximum atomic E-state index is 11.0. The summed E-state index contributed by atoms with van der Waals surface area (Å²) in [6.45, 7) is 5.20. The highest BCUT2D eigenvalue weighted by Gasteiger charge is 2.16. The molecule has 0 aliphatic rings. The number of nitrogens with zero attached hydrogens (tertiary/aromatic N) is 2. The van der Waals surface area contributed by atoms with Gasteiger partial charge in [0.15, 0.2) is 0 Å². The molecule has 37 heavy (non-hydrogen) atoms. The van der Waals surface area contributed by atoms with Crippen molar-refractivity contribution in [2.75, 3.05) is 32.6 Å². The fourth-order valence-electron chi connectivity index (χ4n) is 4.07. The van der Waals surface area contributed by atoms with Crippen LogP contribution in [0.2, 0.25) is 0 Å². The van der Waals surface area contributed by atoms with E-state index in [1.54, 1.807) is 14.2 Å². The Morgan fingerprint density at radius 2 is 1.62 bits per heavy atom. The molecule has 3 N–H and O–H groups in total. The van der Waals surface area contributed by atoms with E-state index in [9.17, 15) is 4.79 Å². The largest absolute Gasteiger partial charge is 0.496 e. The molecule has 0 atom stereocenters. The van der Waals surface area contributed by atoms with Crippen molar-refractivity contribution in [2.24, 2.45) is 0 Å². The lowest BCUT2D eigenvalue weighted by Gasteiger charge is -2.16. The van der Waals surface area contributed by atoms with Crippen LogP contribution in [0.3, 0.4) is 0 Å². The number of carbonyl (C=O) groups excluding carboxylic acids is 1. The number of benzene rings is 3. The van der Waals surface area contributed by atoms with Gasteiger partial charge < -0.3 is 29.8 Å². The monoisotopic (exact) mass is 501 g/mol. The topological polar surface area (TPSA) is 111 Å². The number of carbonyl (C=O) groups is 1. The van der Waals surface area contributed by atoms with Crippen LogP contribution in [0.4, 0.5) is 11.7 Å². The Labute approximate surface area is 216 Å². The first-order valence-corrected chi connectivity index (χ1v) is 12.0. The van der Waals surface area contributed by atoms with Crippen LogP contribution in [0.5, 0.6) is 11.5 Å². The molecule has 0 radical (unpaired) electrons. The van der Waals surface area contributed by atoms with Gasteiger partial charge in [-0.2, -0.15) is 0 Å². The molecule has 1 amide bonds. The molecular formula is C28H31N5O4. The molecule has 0 aliphatic carbocycles. The van der Waals surface area contributed by atoms with Crippen LogP contribution >= 0.6 is 0 Å². The van der Waals surface area contributed by atoms with E-state index in [4.69, 9.17) is 13.9 Å². The van der Waals surface area contributed by atoms with Crippen molar-refractivity contribution in [1.29, 1.82) is 0 Å². The Balaban J connectivity index is 1.52. The fraction of sp³-hybridized carbons (Fsp3) is 0.250. The quantitative estimate of drug-likeness (QED) is 0.254. The third-order valence-electron chi connectivity index (χ3n) is 5.91. The Hall–Kier alpha value is -4.37. The third kappa shape index (κ3) is 6.25. The number of hydrogen-bond acceptors (Lipinski definition) is 8. The zero-order valence-electron chi connectivity index (χ0n) is 21.4. The molecule has 3 aromatic carbocycles. The first-order valence-electron chi connectivity index (χ1n) is 12.0. The molecule has 9 nitrogen and oxygen atoms in total. The van der Waals surface area contributed by atoms with Gasteiger partial charge in [0.05, 0.1) is 19.8 Å². The van der Waals surface area contributed by atoms with Crippen LogP contribution in [0.15, 0.2) is 65.1 Å². The van der Waals surface area contributed by atoms with E-state index in [0.717, 1.165) is 27.8 Å². The Bertz CT molecular complexity index is 1330. The number of nitrogens with one attached hydrogen (secondary N) is 3. The van der Waals surface area contributed by atoms with Crippen molar-refractivity contribution in [3.8, 4) is 34.1 Å². The van der Waals surface area contributed by atoms with Crippen molar-refractivity contribution in [2.45, 2.75) is 20.4 Å². The highest BCUT2D eigenvalue weighted by molar-refractivity contribution is 5.75. The zero-order chi connectivity index (χ0) is 26.2. The molecular weight excluding hydrogens is 470 g/mol. The summed E-state index contributed by atoms with van der Waals surface area (Å²) in [6, 6.07) is 20.2. The van der Waals surface area contributed by atoms with Gasteiger partial charge in [-0.05, 0) is 29.7 Å². The zero-order valence-corrected chi connectivity index (χ0v) is 21.4. The first-order chi connectivity index (χ1) is 18.0. The van der Waals surface area contributed by atoms with Crippen LogP contribution in [0.1, 0.15) is 18.1 Å². The molecule has 4 aromatic rings. The lowest BCUT2D eigenvalue weighted by molar-refractivity contribution is -0.118.